The third kappa shape index (κ3) is 3.19. The molecule has 1 atom stereocenters. The first kappa shape index (κ1) is 17.6. The van der Waals surface area contributed by atoms with Crippen molar-refractivity contribution in [1.29, 1.82) is 0 Å². The second kappa shape index (κ2) is 7.08. The average molecular weight is 380 g/mol. The van der Waals surface area contributed by atoms with Gasteiger partial charge in [-0.05, 0) is 44.2 Å². The highest BCUT2D eigenvalue weighted by atomic mass is 32.2. The van der Waals surface area contributed by atoms with Crippen molar-refractivity contribution < 1.29 is 9.18 Å². The van der Waals surface area contributed by atoms with E-state index >= 15 is 0 Å². The lowest BCUT2D eigenvalue weighted by Gasteiger charge is -2.09. The SMILES string of the molecule is CCn1c2ccccc2c2nnc(S[C@H](C)C(=O)c3ccc(F)cc3)nc21. The molecular formula is C20H17FN4OS. The number of para-hydroxylation sites is 1. The molecule has 0 fully saturated rings. The Morgan fingerprint density at radius 3 is 2.63 bits per heavy atom. The van der Waals surface area contributed by atoms with Crippen LogP contribution in [0.1, 0.15) is 24.2 Å². The van der Waals surface area contributed by atoms with Gasteiger partial charge in [0.05, 0.1) is 10.8 Å². The number of hydrogen-bond donors (Lipinski definition) is 0. The summed E-state index contributed by atoms with van der Waals surface area (Å²) >= 11 is 1.25. The van der Waals surface area contributed by atoms with Gasteiger partial charge in [-0.15, -0.1) is 10.2 Å². The van der Waals surface area contributed by atoms with E-state index in [4.69, 9.17) is 0 Å². The van der Waals surface area contributed by atoms with E-state index in [2.05, 4.69) is 26.7 Å². The monoisotopic (exact) mass is 380 g/mol. The highest BCUT2D eigenvalue weighted by Gasteiger charge is 2.20. The van der Waals surface area contributed by atoms with Crippen molar-refractivity contribution in [3.63, 3.8) is 0 Å². The van der Waals surface area contributed by atoms with E-state index in [0.29, 0.717) is 10.7 Å². The fourth-order valence-corrected chi connectivity index (χ4v) is 3.91. The summed E-state index contributed by atoms with van der Waals surface area (Å²) in [5, 5.41) is 9.62. The van der Waals surface area contributed by atoms with Crippen molar-refractivity contribution in [2.45, 2.75) is 30.8 Å². The number of halogens is 1. The molecule has 0 bridgehead atoms. The number of Topliss-reactive ketones (excluding diaryl/α,β-unsaturated/α-hetero) is 1. The standard InChI is InChI=1S/C20H17FN4OS/c1-3-25-16-7-5-4-6-15(16)17-19(25)22-20(24-23-17)27-12(2)18(26)13-8-10-14(21)11-9-13/h4-12H,3H2,1-2H3/t12-/m1/s1. The molecule has 0 aliphatic rings. The molecule has 0 radical (unpaired) electrons. The van der Waals surface area contributed by atoms with Gasteiger partial charge < -0.3 is 4.57 Å². The highest BCUT2D eigenvalue weighted by Crippen LogP contribution is 2.28. The Kier molecular flexibility index (Phi) is 4.61. The number of aryl methyl sites for hydroxylation is 1. The third-order valence-electron chi connectivity index (χ3n) is 4.45. The van der Waals surface area contributed by atoms with Crippen molar-refractivity contribution in [2.75, 3.05) is 0 Å². The van der Waals surface area contributed by atoms with Gasteiger partial charge in [-0.3, -0.25) is 4.79 Å². The lowest BCUT2D eigenvalue weighted by Crippen LogP contribution is -2.14. The van der Waals surface area contributed by atoms with Gasteiger partial charge >= 0.3 is 0 Å². The summed E-state index contributed by atoms with van der Waals surface area (Å²) < 4.78 is 15.2. The molecule has 0 amide bonds. The summed E-state index contributed by atoms with van der Waals surface area (Å²) in [6, 6.07) is 13.6. The van der Waals surface area contributed by atoms with Crippen molar-refractivity contribution in [3.8, 4) is 0 Å². The van der Waals surface area contributed by atoms with Crippen LogP contribution in [0.15, 0.2) is 53.7 Å². The van der Waals surface area contributed by atoms with Gasteiger partial charge in [0.25, 0.3) is 0 Å². The first-order chi connectivity index (χ1) is 13.1. The second-order valence-corrected chi connectivity index (χ2v) is 7.47. The van der Waals surface area contributed by atoms with Crippen LogP contribution in [0.2, 0.25) is 0 Å². The number of aromatic nitrogens is 4. The molecule has 0 aliphatic carbocycles. The predicted octanol–water partition coefficient (Wildman–Crippen LogP) is 4.50. The maximum atomic E-state index is 13.1. The zero-order chi connectivity index (χ0) is 19.0. The van der Waals surface area contributed by atoms with E-state index in [-0.39, 0.29) is 11.6 Å². The van der Waals surface area contributed by atoms with Crippen molar-refractivity contribution in [2.24, 2.45) is 0 Å². The number of thioether (sulfide) groups is 1. The van der Waals surface area contributed by atoms with Gasteiger partial charge in [0.15, 0.2) is 11.4 Å². The van der Waals surface area contributed by atoms with Crippen molar-refractivity contribution in [3.05, 3.63) is 59.9 Å². The van der Waals surface area contributed by atoms with Gasteiger partial charge in [-0.1, -0.05) is 30.0 Å². The number of carbonyl (C=O) groups excluding carboxylic acids is 1. The molecule has 27 heavy (non-hydrogen) atoms. The molecule has 136 valence electrons. The Hall–Kier alpha value is -2.80. The normalized spacial score (nSPS) is 12.6. The van der Waals surface area contributed by atoms with Crippen LogP contribution >= 0.6 is 11.8 Å². The number of hydrogen-bond acceptors (Lipinski definition) is 5. The number of carbonyl (C=O) groups is 1. The lowest BCUT2D eigenvalue weighted by atomic mass is 10.1. The first-order valence-corrected chi connectivity index (χ1v) is 9.54. The van der Waals surface area contributed by atoms with E-state index in [1.807, 2.05) is 24.3 Å². The van der Waals surface area contributed by atoms with Gasteiger partial charge in [0, 0.05) is 17.5 Å². The number of nitrogens with zero attached hydrogens (tertiary/aromatic N) is 4. The van der Waals surface area contributed by atoms with Gasteiger partial charge in [0.1, 0.15) is 11.3 Å². The molecule has 2 heterocycles. The molecule has 0 saturated heterocycles. The third-order valence-corrected chi connectivity index (χ3v) is 5.40. The smallest absolute Gasteiger partial charge is 0.211 e. The summed E-state index contributed by atoms with van der Waals surface area (Å²) in [6.45, 7) is 4.61. The van der Waals surface area contributed by atoms with E-state index in [1.165, 1.54) is 36.0 Å². The van der Waals surface area contributed by atoms with Gasteiger partial charge in [-0.2, -0.15) is 0 Å². The van der Waals surface area contributed by atoms with Crippen LogP contribution in [-0.2, 0) is 6.54 Å². The highest BCUT2D eigenvalue weighted by molar-refractivity contribution is 8.00. The predicted molar refractivity (Wildman–Crippen MR) is 105 cm³/mol. The van der Waals surface area contributed by atoms with Gasteiger partial charge in [-0.25, -0.2) is 9.37 Å². The number of rotatable bonds is 5. The van der Waals surface area contributed by atoms with Crippen LogP contribution in [0.3, 0.4) is 0 Å². The van der Waals surface area contributed by atoms with E-state index in [0.717, 1.165) is 28.6 Å². The molecule has 0 saturated carbocycles. The quantitative estimate of drug-likeness (QED) is 0.377. The first-order valence-electron chi connectivity index (χ1n) is 8.66. The topological polar surface area (TPSA) is 60.7 Å². The summed E-state index contributed by atoms with van der Waals surface area (Å²) in [7, 11) is 0. The summed E-state index contributed by atoms with van der Waals surface area (Å²) in [6.07, 6.45) is 0. The van der Waals surface area contributed by atoms with Crippen LogP contribution in [0, 0.1) is 5.82 Å². The fraction of sp³-hybridized carbons (Fsp3) is 0.200. The molecule has 2 aromatic heterocycles. The molecule has 4 rings (SSSR count). The maximum absolute atomic E-state index is 13.1. The fourth-order valence-electron chi connectivity index (χ4n) is 3.12. The Bertz CT molecular complexity index is 1140. The Morgan fingerprint density at radius 1 is 1.15 bits per heavy atom. The average Bonchev–Trinajstić information content (AvgIpc) is 3.01. The second-order valence-electron chi connectivity index (χ2n) is 6.16. The number of benzene rings is 2. The van der Waals surface area contributed by atoms with E-state index < -0.39 is 5.25 Å². The molecule has 0 aliphatic heterocycles. The maximum Gasteiger partial charge on any atom is 0.211 e. The van der Waals surface area contributed by atoms with E-state index in [9.17, 15) is 9.18 Å². The summed E-state index contributed by atoms with van der Waals surface area (Å²) in [4.78, 5) is 17.2. The van der Waals surface area contributed by atoms with Gasteiger partial charge in [0.2, 0.25) is 5.16 Å². The molecular weight excluding hydrogens is 363 g/mol. The van der Waals surface area contributed by atoms with Crippen molar-refractivity contribution in [1.82, 2.24) is 19.7 Å². The molecule has 7 heteroatoms. The minimum absolute atomic E-state index is 0.0975. The molecule has 0 spiro atoms. The molecule has 4 aromatic rings. The largest absolute Gasteiger partial charge is 0.324 e. The lowest BCUT2D eigenvalue weighted by molar-refractivity contribution is 0.0994. The van der Waals surface area contributed by atoms with Crippen LogP contribution in [0.4, 0.5) is 4.39 Å². The Balaban J connectivity index is 1.67. The van der Waals surface area contributed by atoms with Crippen LogP contribution in [0.25, 0.3) is 22.1 Å². The minimum Gasteiger partial charge on any atom is -0.324 e. The molecule has 5 nitrogen and oxygen atoms in total. The minimum atomic E-state index is -0.408. The zero-order valence-corrected chi connectivity index (χ0v) is 15.7. The summed E-state index contributed by atoms with van der Waals surface area (Å²) in [5.41, 5.74) is 3.05. The number of fused-ring (bicyclic) bond motifs is 3. The Labute approximate surface area is 159 Å². The van der Waals surface area contributed by atoms with Crippen molar-refractivity contribution >= 4 is 39.6 Å². The molecule has 0 N–H and O–H groups in total. The molecule has 2 aromatic carbocycles. The van der Waals surface area contributed by atoms with E-state index in [1.54, 1.807) is 6.92 Å². The van der Waals surface area contributed by atoms with Crippen LogP contribution in [0.5, 0.6) is 0 Å². The van der Waals surface area contributed by atoms with Crippen LogP contribution < -0.4 is 0 Å². The van der Waals surface area contributed by atoms with Crippen LogP contribution in [-0.4, -0.2) is 30.8 Å². The Morgan fingerprint density at radius 2 is 1.89 bits per heavy atom. The molecule has 0 unspecified atom stereocenters. The zero-order valence-electron chi connectivity index (χ0n) is 14.9. The number of ketones is 1. The summed E-state index contributed by atoms with van der Waals surface area (Å²) in [5.74, 6) is -0.461.